The molecule has 1 heterocycles. The Morgan fingerprint density at radius 1 is 1.43 bits per heavy atom. The van der Waals surface area contributed by atoms with Gasteiger partial charge in [-0.2, -0.15) is 0 Å². The molecule has 1 aliphatic rings. The minimum Gasteiger partial charge on any atom is -0.505 e. The summed E-state index contributed by atoms with van der Waals surface area (Å²) in [6.07, 6.45) is 2.11. The number of hydrogen-bond donors (Lipinski definition) is 2. The van der Waals surface area contributed by atoms with Crippen LogP contribution in [0, 0.1) is 0 Å². The van der Waals surface area contributed by atoms with Crippen molar-refractivity contribution in [3.8, 4) is 5.75 Å². The summed E-state index contributed by atoms with van der Waals surface area (Å²) < 4.78 is 1.78. The van der Waals surface area contributed by atoms with Crippen molar-refractivity contribution in [2.75, 3.05) is 5.32 Å². The quantitative estimate of drug-likeness (QED) is 0.715. The summed E-state index contributed by atoms with van der Waals surface area (Å²) in [5.74, 6) is 0.315. The lowest BCUT2D eigenvalue weighted by molar-refractivity contribution is 0.470. The number of hydrogen-bond acceptors (Lipinski definition) is 2. The molecule has 0 unspecified atom stereocenters. The van der Waals surface area contributed by atoms with Crippen molar-refractivity contribution in [2.45, 2.75) is 25.8 Å². The lowest BCUT2D eigenvalue weighted by Crippen LogP contribution is -2.22. The van der Waals surface area contributed by atoms with Gasteiger partial charge < -0.3 is 10.4 Å². The van der Waals surface area contributed by atoms with Crippen LogP contribution in [0.15, 0.2) is 15.0 Å². The number of phenolic OH excluding ortho intramolecular Hbond substituents is 1. The molecule has 0 saturated heterocycles. The van der Waals surface area contributed by atoms with Crippen molar-refractivity contribution >= 4 is 37.5 Å². The summed E-state index contributed by atoms with van der Waals surface area (Å²) in [7, 11) is 0. The predicted octanol–water partition coefficient (Wildman–Crippen LogP) is 3.66. The Morgan fingerprint density at radius 2 is 2.14 bits per heavy atom. The van der Waals surface area contributed by atoms with Gasteiger partial charge in [0.2, 0.25) is 0 Å². The average molecular weight is 321 g/mol. The van der Waals surface area contributed by atoms with Gasteiger partial charge in [-0.25, -0.2) is 0 Å². The topological polar surface area (TPSA) is 32.3 Å². The molecule has 2 nitrogen and oxygen atoms in total. The molecule has 4 heteroatoms. The van der Waals surface area contributed by atoms with E-state index in [9.17, 15) is 5.11 Å². The maximum Gasteiger partial charge on any atom is 0.153 e. The highest BCUT2D eigenvalue weighted by molar-refractivity contribution is 9.11. The lowest BCUT2D eigenvalue weighted by Gasteiger charge is -2.26. The van der Waals surface area contributed by atoms with Gasteiger partial charge in [-0.1, -0.05) is 15.9 Å². The summed E-state index contributed by atoms with van der Waals surface area (Å²) in [5.41, 5.74) is 2.04. The second-order valence-corrected chi connectivity index (χ2v) is 5.34. The summed E-state index contributed by atoms with van der Waals surface area (Å²) in [6, 6.07) is 2.32. The Morgan fingerprint density at radius 3 is 2.86 bits per heavy atom. The largest absolute Gasteiger partial charge is 0.505 e. The number of benzene rings is 1. The first-order valence-electron chi connectivity index (χ1n) is 4.56. The van der Waals surface area contributed by atoms with E-state index in [2.05, 4.69) is 44.1 Å². The molecule has 14 heavy (non-hydrogen) atoms. The van der Waals surface area contributed by atoms with Crippen LogP contribution in [0.3, 0.4) is 0 Å². The molecule has 0 saturated carbocycles. The number of aromatic hydroxyl groups is 1. The van der Waals surface area contributed by atoms with Crippen LogP contribution in [0.2, 0.25) is 0 Å². The van der Waals surface area contributed by atoms with E-state index in [-0.39, 0.29) is 0 Å². The van der Waals surface area contributed by atoms with E-state index in [1.807, 2.05) is 6.07 Å². The van der Waals surface area contributed by atoms with Crippen molar-refractivity contribution < 1.29 is 5.11 Å². The van der Waals surface area contributed by atoms with Crippen LogP contribution in [-0.2, 0) is 6.42 Å². The minimum absolute atomic E-state index is 0.315. The van der Waals surface area contributed by atoms with Crippen molar-refractivity contribution in [3.63, 3.8) is 0 Å². The number of phenols is 1. The highest BCUT2D eigenvalue weighted by atomic mass is 79.9. The van der Waals surface area contributed by atoms with E-state index in [0.29, 0.717) is 11.8 Å². The first kappa shape index (κ1) is 10.3. The third kappa shape index (κ3) is 1.65. The van der Waals surface area contributed by atoms with E-state index in [4.69, 9.17) is 0 Å². The molecule has 1 aromatic carbocycles. The van der Waals surface area contributed by atoms with Crippen molar-refractivity contribution in [1.29, 1.82) is 0 Å². The van der Waals surface area contributed by atoms with Crippen LogP contribution in [-0.4, -0.2) is 11.1 Å². The molecule has 0 radical (unpaired) electrons. The Labute approximate surface area is 100.0 Å². The summed E-state index contributed by atoms with van der Waals surface area (Å²) in [5, 5.41) is 13.2. The highest BCUT2D eigenvalue weighted by Gasteiger charge is 2.21. The SMILES string of the molecule is C[C@H]1CCc2c(Br)cc(Br)c(O)c2N1. The van der Waals surface area contributed by atoms with Gasteiger partial charge in [0.05, 0.1) is 10.2 Å². The molecule has 0 fully saturated rings. The highest BCUT2D eigenvalue weighted by Crippen LogP contribution is 2.42. The third-order valence-corrected chi connectivity index (χ3v) is 3.84. The number of nitrogens with one attached hydrogen (secondary N) is 1. The monoisotopic (exact) mass is 319 g/mol. The fourth-order valence-electron chi connectivity index (χ4n) is 1.73. The molecule has 1 atom stereocenters. The van der Waals surface area contributed by atoms with E-state index in [1.54, 1.807) is 0 Å². The lowest BCUT2D eigenvalue weighted by atomic mass is 9.98. The van der Waals surface area contributed by atoms with E-state index in [1.165, 1.54) is 5.56 Å². The smallest absolute Gasteiger partial charge is 0.153 e. The van der Waals surface area contributed by atoms with E-state index >= 15 is 0 Å². The predicted molar refractivity (Wildman–Crippen MR) is 64.9 cm³/mol. The van der Waals surface area contributed by atoms with Gasteiger partial charge in [0.1, 0.15) is 0 Å². The second-order valence-electron chi connectivity index (χ2n) is 3.63. The van der Waals surface area contributed by atoms with Crippen LogP contribution in [0.5, 0.6) is 5.75 Å². The van der Waals surface area contributed by atoms with Gasteiger partial charge >= 0.3 is 0 Å². The Kier molecular flexibility index (Phi) is 2.75. The first-order valence-corrected chi connectivity index (χ1v) is 6.14. The molecular formula is C10H11Br2NO. The zero-order valence-corrected chi connectivity index (χ0v) is 10.9. The standard InChI is InChI=1S/C10H11Br2NO/c1-5-2-3-6-7(11)4-8(12)10(14)9(6)13-5/h4-5,13-14H,2-3H2,1H3/t5-/m0/s1. The summed E-state index contributed by atoms with van der Waals surface area (Å²) in [4.78, 5) is 0. The third-order valence-electron chi connectivity index (χ3n) is 2.52. The maximum absolute atomic E-state index is 9.86. The van der Waals surface area contributed by atoms with Crippen LogP contribution < -0.4 is 5.32 Å². The first-order chi connectivity index (χ1) is 6.59. The zero-order chi connectivity index (χ0) is 10.3. The minimum atomic E-state index is 0.315. The molecule has 0 spiro atoms. The van der Waals surface area contributed by atoms with Crippen molar-refractivity contribution in [2.24, 2.45) is 0 Å². The van der Waals surface area contributed by atoms with Gasteiger partial charge in [-0.05, 0) is 47.3 Å². The van der Waals surface area contributed by atoms with Gasteiger partial charge in [-0.3, -0.25) is 0 Å². The molecular weight excluding hydrogens is 310 g/mol. The molecule has 1 aromatic rings. The van der Waals surface area contributed by atoms with Crippen LogP contribution >= 0.6 is 31.9 Å². The van der Waals surface area contributed by atoms with Crippen LogP contribution in [0.25, 0.3) is 0 Å². The molecule has 0 aromatic heterocycles. The number of halogens is 2. The second kappa shape index (κ2) is 3.74. The maximum atomic E-state index is 9.86. The normalized spacial score (nSPS) is 20.1. The molecule has 76 valence electrons. The zero-order valence-electron chi connectivity index (χ0n) is 7.77. The fraction of sp³-hybridized carbons (Fsp3) is 0.400. The van der Waals surface area contributed by atoms with E-state index < -0.39 is 0 Å². The Balaban J connectivity index is 2.57. The molecule has 2 N–H and O–H groups in total. The summed E-state index contributed by atoms with van der Waals surface area (Å²) >= 11 is 6.83. The van der Waals surface area contributed by atoms with Crippen molar-refractivity contribution in [3.05, 3.63) is 20.6 Å². The number of fused-ring (bicyclic) bond motifs is 1. The molecule has 0 amide bonds. The fourth-order valence-corrected chi connectivity index (χ4v) is 3.09. The van der Waals surface area contributed by atoms with E-state index in [0.717, 1.165) is 27.5 Å². The molecule has 2 rings (SSSR count). The average Bonchev–Trinajstić information content (AvgIpc) is 2.14. The summed E-state index contributed by atoms with van der Waals surface area (Å²) in [6.45, 7) is 2.12. The van der Waals surface area contributed by atoms with Crippen molar-refractivity contribution in [1.82, 2.24) is 0 Å². The van der Waals surface area contributed by atoms with Gasteiger partial charge in [-0.15, -0.1) is 0 Å². The Bertz CT molecular complexity index is 379. The van der Waals surface area contributed by atoms with Gasteiger partial charge in [0.25, 0.3) is 0 Å². The Hall–Kier alpha value is -0.220. The number of anilines is 1. The van der Waals surface area contributed by atoms with Crippen LogP contribution in [0.4, 0.5) is 5.69 Å². The molecule has 0 aliphatic carbocycles. The van der Waals surface area contributed by atoms with Gasteiger partial charge in [0, 0.05) is 10.5 Å². The molecule has 0 bridgehead atoms. The number of rotatable bonds is 0. The molecule has 1 aliphatic heterocycles. The van der Waals surface area contributed by atoms with Crippen LogP contribution in [0.1, 0.15) is 18.9 Å². The van der Waals surface area contributed by atoms with Gasteiger partial charge in [0.15, 0.2) is 5.75 Å².